The third-order valence-corrected chi connectivity index (χ3v) is 3.52. The van der Waals surface area contributed by atoms with E-state index in [2.05, 4.69) is 15.9 Å². The zero-order valence-electron chi connectivity index (χ0n) is 10.1. The quantitative estimate of drug-likeness (QED) is 0.527. The fraction of sp³-hybridized carbons (Fsp3) is 0. The molecule has 5 heteroatoms. The molecule has 3 aromatic rings. The zero-order chi connectivity index (χ0) is 14.3. The fourth-order valence-electron chi connectivity index (χ4n) is 2.05. The first-order chi connectivity index (χ1) is 9.54. The monoisotopic (exact) mass is 332 g/mol. The topological polar surface area (TPSA) is 70.7 Å². The van der Waals surface area contributed by atoms with Gasteiger partial charge in [0.2, 0.25) is 0 Å². The molecule has 100 valence electrons. The number of aromatic hydroxyl groups is 2. The highest BCUT2D eigenvalue weighted by molar-refractivity contribution is 9.10. The van der Waals surface area contributed by atoms with Gasteiger partial charge >= 0.3 is 5.63 Å². The van der Waals surface area contributed by atoms with Crippen molar-refractivity contribution in [3.8, 4) is 22.6 Å². The highest BCUT2D eigenvalue weighted by Gasteiger charge is 2.11. The van der Waals surface area contributed by atoms with Crippen LogP contribution in [0.5, 0.6) is 11.5 Å². The average molecular weight is 333 g/mol. The first kappa shape index (κ1) is 12.7. The largest absolute Gasteiger partial charge is 0.504 e. The second-order valence-electron chi connectivity index (χ2n) is 4.32. The van der Waals surface area contributed by atoms with Gasteiger partial charge in [0.05, 0.1) is 0 Å². The van der Waals surface area contributed by atoms with Gasteiger partial charge in [-0.2, -0.15) is 0 Å². The number of hydrogen-bond acceptors (Lipinski definition) is 4. The van der Waals surface area contributed by atoms with E-state index in [1.165, 1.54) is 18.2 Å². The van der Waals surface area contributed by atoms with E-state index in [0.29, 0.717) is 10.9 Å². The van der Waals surface area contributed by atoms with Gasteiger partial charge in [0.1, 0.15) is 5.58 Å². The number of benzene rings is 2. The standard InChI is InChI=1S/C15H9BrO4/c16-9-3-1-8(2-4-9)10-6-15(19)20-14-7-13(18)12(17)5-11(10)14/h1-7,17-18H. The van der Waals surface area contributed by atoms with Crippen LogP contribution < -0.4 is 5.63 Å². The van der Waals surface area contributed by atoms with Crippen molar-refractivity contribution in [3.63, 3.8) is 0 Å². The van der Waals surface area contributed by atoms with Gasteiger partial charge in [-0.1, -0.05) is 28.1 Å². The first-order valence-electron chi connectivity index (χ1n) is 5.80. The molecule has 0 amide bonds. The molecule has 0 saturated carbocycles. The summed E-state index contributed by atoms with van der Waals surface area (Å²) < 4.78 is 5.97. The van der Waals surface area contributed by atoms with E-state index < -0.39 is 5.63 Å². The van der Waals surface area contributed by atoms with Crippen LogP contribution in [0.1, 0.15) is 0 Å². The van der Waals surface area contributed by atoms with Crippen molar-refractivity contribution in [2.75, 3.05) is 0 Å². The molecule has 0 radical (unpaired) electrons. The summed E-state index contributed by atoms with van der Waals surface area (Å²) in [5.74, 6) is -0.585. The van der Waals surface area contributed by atoms with Crippen molar-refractivity contribution in [1.29, 1.82) is 0 Å². The fourth-order valence-corrected chi connectivity index (χ4v) is 2.32. The van der Waals surface area contributed by atoms with Gasteiger partial charge in [0.15, 0.2) is 11.5 Å². The molecule has 2 aromatic carbocycles. The Morgan fingerprint density at radius 3 is 2.30 bits per heavy atom. The zero-order valence-corrected chi connectivity index (χ0v) is 11.7. The number of phenolic OH excluding ortho intramolecular Hbond substituents is 2. The average Bonchev–Trinajstić information content (AvgIpc) is 2.41. The van der Waals surface area contributed by atoms with Gasteiger partial charge in [-0.25, -0.2) is 4.79 Å². The maximum Gasteiger partial charge on any atom is 0.336 e. The molecule has 0 spiro atoms. The molecule has 0 aliphatic heterocycles. The van der Waals surface area contributed by atoms with E-state index >= 15 is 0 Å². The molecule has 1 heterocycles. The number of rotatable bonds is 1. The second-order valence-corrected chi connectivity index (χ2v) is 5.24. The summed E-state index contributed by atoms with van der Waals surface area (Å²) in [6.45, 7) is 0. The number of halogens is 1. The molecule has 0 unspecified atom stereocenters. The van der Waals surface area contributed by atoms with E-state index in [9.17, 15) is 15.0 Å². The summed E-state index contributed by atoms with van der Waals surface area (Å²) in [5.41, 5.74) is 1.17. The van der Waals surface area contributed by atoms with Crippen LogP contribution in [0.15, 0.2) is 56.1 Å². The molecule has 0 aliphatic rings. The minimum atomic E-state index is -0.513. The Morgan fingerprint density at radius 2 is 1.60 bits per heavy atom. The lowest BCUT2D eigenvalue weighted by Gasteiger charge is -2.07. The van der Waals surface area contributed by atoms with Crippen molar-refractivity contribution in [1.82, 2.24) is 0 Å². The van der Waals surface area contributed by atoms with Gasteiger partial charge in [-0.3, -0.25) is 0 Å². The number of phenols is 2. The maximum atomic E-state index is 11.6. The van der Waals surface area contributed by atoms with Crippen LogP contribution in [-0.2, 0) is 0 Å². The Labute approximate surface area is 122 Å². The third kappa shape index (κ3) is 2.16. The lowest BCUT2D eigenvalue weighted by atomic mass is 10.0. The molecule has 20 heavy (non-hydrogen) atoms. The summed E-state index contributed by atoms with van der Waals surface area (Å²) in [6.07, 6.45) is 0. The summed E-state index contributed by atoms with van der Waals surface area (Å²) in [5, 5.41) is 19.7. The van der Waals surface area contributed by atoms with Gasteiger partial charge in [0.25, 0.3) is 0 Å². The van der Waals surface area contributed by atoms with Crippen molar-refractivity contribution < 1.29 is 14.6 Å². The highest BCUT2D eigenvalue weighted by Crippen LogP contribution is 2.35. The third-order valence-electron chi connectivity index (χ3n) is 2.99. The smallest absolute Gasteiger partial charge is 0.336 e. The lowest BCUT2D eigenvalue weighted by Crippen LogP contribution is -1.98. The van der Waals surface area contributed by atoms with Crippen LogP contribution in [-0.4, -0.2) is 10.2 Å². The van der Waals surface area contributed by atoms with Gasteiger partial charge in [-0.05, 0) is 29.3 Å². The predicted molar refractivity (Wildman–Crippen MR) is 78.9 cm³/mol. The van der Waals surface area contributed by atoms with E-state index in [0.717, 1.165) is 10.0 Å². The van der Waals surface area contributed by atoms with Crippen molar-refractivity contribution in [3.05, 3.63) is 57.4 Å². The maximum absolute atomic E-state index is 11.6. The number of fused-ring (bicyclic) bond motifs is 1. The van der Waals surface area contributed by atoms with Crippen molar-refractivity contribution in [2.45, 2.75) is 0 Å². The minimum Gasteiger partial charge on any atom is -0.504 e. The van der Waals surface area contributed by atoms with E-state index in [1.807, 2.05) is 24.3 Å². The molecule has 4 nitrogen and oxygen atoms in total. The van der Waals surface area contributed by atoms with Crippen LogP contribution in [0.2, 0.25) is 0 Å². The summed E-state index contributed by atoms with van der Waals surface area (Å²) in [4.78, 5) is 11.6. The predicted octanol–water partition coefficient (Wildman–Crippen LogP) is 3.63. The Balaban J connectivity index is 2.37. The molecular formula is C15H9BrO4. The molecule has 3 rings (SSSR count). The highest BCUT2D eigenvalue weighted by atomic mass is 79.9. The Morgan fingerprint density at radius 1 is 0.950 bits per heavy atom. The molecule has 0 fully saturated rings. The summed E-state index contributed by atoms with van der Waals surface area (Å²) in [6, 6.07) is 11.4. The summed E-state index contributed by atoms with van der Waals surface area (Å²) >= 11 is 3.35. The van der Waals surface area contributed by atoms with Crippen LogP contribution >= 0.6 is 15.9 Å². The van der Waals surface area contributed by atoms with Gasteiger partial charge < -0.3 is 14.6 Å². The van der Waals surface area contributed by atoms with E-state index in [1.54, 1.807) is 0 Å². The van der Waals surface area contributed by atoms with Crippen molar-refractivity contribution >= 4 is 26.9 Å². The normalized spacial score (nSPS) is 10.8. The molecule has 2 N–H and O–H groups in total. The van der Waals surface area contributed by atoms with E-state index in [-0.39, 0.29) is 17.1 Å². The molecule has 0 bridgehead atoms. The Bertz CT molecular complexity index is 850. The van der Waals surface area contributed by atoms with Gasteiger partial charge in [-0.15, -0.1) is 0 Å². The minimum absolute atomic E-state index is 0.228. The first-order valence-corrected chi connectivity index (χ1v) is 6.59. The van der Waals surface area contributed by atoms with Crippen molar-refractivity contribution in [2.24, 2.45) is 0 Å². The molecule has 0 saturated heterocycles. The van der Waals surface area contributed by atoms with Gasteiger partial charge in [0, 0.05) is 22.0 Å². The Kier molecular flexibility index (Phi) is 2.99. The van der Waals surface area contributed by atoms with Crippen LogP contribution in [0, 0.1) is 0 Å². The molecule has 0 atom stereocenters. The lowest BCUT2D eigenvalue weighted by molar-refractivity contribution is 0.403. The van der Waals surface area contributed by atoms with Crippen LogP contribution in [0.3, 0.4) is 0 Å². The Hall–Kier alpha value is -2.27. The SMILES string of the molecule is O=c1cc(-c2ccc(Br)cc2)c2cc(O)c(O)cc2o1. The second kappa shape index (κ2) is 4.68. The molecule has 0 aliphatic carbocycles. The number of hydrogen-bond donors (Lipinski definition) is 2. The van der Waals surface area contributed by atoms with Crippen LogP contribution in [0.25, 0.3) is 22.1 Å². The van der Waals surface area contributed by atoms with Crippen LogP contribution in [0.4, 0.5) is 0 Å². The summed E-state index contributed by atoms with van der Waals surface area (Å²) in [7, 11) is 0. The molecular weight excluding hydrogens is 324 g/mol. The molecule has 1 aromatic heterocycles. The van der Waals surface area contributed by atoms with E-state index in [4.69, 9.17) is 4.42 Å².